The number of hydrogen-bond acceptors (Lipinski definition) is 3. The molecule has 1 atom stereocenters. The lowest BCUT2D eigenvalue weighted by Crippen LogP contribution is -2.36. The van der Waals surface area contributed by atoms with Gasteiger partial charge in [-0.15, -0.1) is 0 Å². The first-order chi connectivity index (χ1) is 14.9. The van der Waals surface area contributed by atoms with Crippen LogP contribution in [0.15, 0.2) is 83.3 Å². The van der Waals surface area contributed by atoms with Crippen LogP contribution in [0.4, 0.5) is 5.69 Å². The van der Waals surface area contributed by atoms with Crippen LogP contribution in [-0.4, -0.2) is 23.3 Å². The molecule has 0 spiro atoms. The van der Waals surface area contributed by atoms with Crippen LogP contribution >= 0.6 is 15.9 Å². The Hall–Kier alpha value is -3.12. The molecule has 2 amide bonds. The Morgan fingerprint density at radius 1 is 1.00 bits per heavy atom. The Morgan fingerprint density at radius 2 is 1.71 bits per heavy atom. The number of halogens is 1. The van der Waals surface area contributed by atoms with E-state index in [9.17, 15) is 9.59 Å². The number of carbonyl (C=O) groups is 2. The van der Waals surface area contributed by atoms with Crippen molar-refractivity contribution in [3.8, 4) is 5.75 Å². The molecule has 0 aliphatic heterocycles. The Kier molecular flexibility index (Phi) is 7.84. The SMILES string of the molecule is CC(=O)Nc1cccc(C(C)N(Cc2ccccc2)C(=O)COc2ccc(Br)cc2)c1. The van der Waals surface area contributed by atoms with Crippen molar-refractivity contribution in [2.24, 2.45) is 0 Å². The van der Waals surface area contributed by atoms with E-state index in [1.165, 1.54) is 6.92 Å². The molecule has 0 radical (unpaired) electrons. The third-order valence-corrected chi connectivity index (χ3v) is 5.38. The van der Waals surface area contributed by atoms with E-state index in [0.29, 0.717) is 18.0 Å². The van der Waals surface area contributed by atoms with Crippen LogP contribution in [0.25, 0.3) is 0 Å². The topological polar surface area (TPSA) is 58.6 Å². The van der Waals surface area contributed by atoms with E-state index in [2.05, 4.69) is 21.2 Å². The summed E-state index contributed by atoms with van der Waals surface area (Å²) < 4.78 is 6.68. The van der Waals surface area contributed by atoms with Crippen LogP contribution in [0.5, 0.6) is 5.75 Å². The first-order valence-corrected chi connectivity index (χ1v) is 10.8. The van der Waals surface area contributed by atoms with Crippen LogP contribution < -0.4 is 10.1 Å². The number of ether oxygens (including phenoxy) is 1. The van der Waals surface area contributed by atoms with Crippen LogP contribution in [0.2, 0.25) is 0 Å². The van der Waals surface area contributed by atoms with Crippen molar-refractivity contribution in [3.63, 3.8) is 0 Å². The van der Waals surface area contributed by atoms with Gasteiger partial charge in [-0.25, -0.2) is 0 Å². The number of hydrogen-bond donors (Lipinski definition) is 1. The van der Waals surface area contributed by atoms with Gasteiger partial charge >= 0.3 is 0 Å². The van der Waals surface area contributed by atoms with E-state index in [1.54, 1.807) is 4.90 Å². The normalized spacial score (nSPS) is 11.5. The molecular formula is C25H25BrN2O3. The summed E-state index contributed by atoms with van der Waals surface area (Å²) in [4.78, 5) is 26.4. The maximum Gasteiger partial charge on any atom is 0.261 e. The molecule has 160 valence electrons. The second-order valence-corrected chi connectivity index (χ2v) is 8.15. The molecule has 0 saturated heterocycles. The quantitative estimate of drug-likeness (QED) is 0.457. The summed E-state index contributed by atoms with van der Waals surface area (Å²) in [5.74, 6) is 0.380. The lowest BCUT2D eigenvalue weighted by Gasteiger charge is -2.30. The zero-order valence-electron chi connectivity index (χ0n) is 17.5. The minimum Gasteiger partial charge on any atom is -0.484 e. The van der Waals surface area contributed by atoms with Crippen LogP contribution in [0.1, 0.15) is 31.0 Å². The summed E-state index contributed by atoms with van der Waals surface area (Å²) in [6.45, 7) is 3.84. The average molecular weight is 481 g/mol. The maximum absolute atomic E-state index is 13.2. The van der Waals surface area contributed by atoms with Crippen LogP contribution in [-0.2, 0) is 16.1 Å². The van der Waals surface area contributed by atoms with Gasteiger partial charge in [-0.05, 0) is 54.4 Å². The highest BCUT2D eigenvalue weighted by molar-refractivity contribution is 9.10. The van der Waals surface area contributed by atoms with Crippen molar-refractivity contribution < 1.29 is 14.3 Å². The predicted molar refractivity (Wildman–Crippen MR) is 126 cm³/mol. The van der Waals surface area contributed by atoms with Gasteiger partial charge in [0, 0.05) is 23.6 Å². The molecule has 1 unspecified atom stereocenters. The van der Waals surface area contributed by atoms with Gasteiger partial charge in [0.1, 0.15) is 5.75 Å². The second kappa shape index (κ2) is 10.8. The fraction of sp³-hybridized carbons (Fsp3) is 0.200. The Bertz CT molecular complexity index is 1020. The van der Waals surface area contributed by atoms with Gasteiger partial charge in [0.15, 0.2) is 6.61 Å². The molecule has 0 bridgehead atoms. The van der Waals surface area contributed by atoms with E-state index in [1.807, 2.05) is 85.8 Å². The predicted octanol–water partition coefficient (Wildman–Crippen LogP) is 5.58. The molecule has 5 nitrogen and oxygen atoms in total. The molecule has 0 saturated carbocycles. The number of nitrogens with one attached hydrogen (secondary N) is 1. The smallest absolute Gasteiger partial charge is 0.261 e. The van der Waals surface area contributed by atoms with Crippen LogP contribution in [0.3, 0.4) is 0 Å². The molecule has 0 fully saturated rings. The van der Waals surface area contributed by atoms with Crippen molar-refractivity contribution >= 4 is 33.4 Å². The highest BCUT2D eigenvalue weighted by Gasteiger charge is 2.23. The molecule has 0 aliphatic rings. The van der Waals surface area contributed by atoms with Crippen molar-refractivity contribution in [1.29, 1.82) is 0 Å². The van der Waals surface area contributed by atoms with E-state index in [4.69, 9.17) is 4.74 Å². The summed E-state index contributed by atoms with van der Waals surface area (Å²) in [5.41, 5.74) is 2.67. The zero-order valence-corrected chi connectivity index (χ0v) is 19.1. The number of benzene rings is 3. The molecule has 3 rings (SSSR count). The van der Waals surface area contributed by atoms with Gasteiger partial charge in [-0.3, -0.25) is 9.59 Å². The standard InChI is InChI=1S/C25H25BrN2O3/c1-18(21-9-6-10-23(15-21)27-19(2)29)28(16-20-7-4-3-5-8-20)25(30)17-31-24-13-11-22(26)12-14-24/h3-15,18H,16-17H2,1-2H3,(H,27,29). The Labute approximate surface area is 191 Å². The number of anilines is 1. The van der Waals surface area contributed by atoms with E-state index in [-0.39, 0.29) is 24.5 Å². The fourth-order valence-electron chi connectivity index (χ4n) is 3.24. The first kappa shape index (κ1) is 22.6. The second-order valence-electron chi connectivity index (χ2n) is 7.23. The summed E-state index contributed by atoms with van der Waals surface area (Å²) >= 11 is 3.39. The van der Waals surface area contributed by atoms with Crippen LogP contribution in [0, 0.1) is 0 Å². The van der Waals surface area contributed by atoms with Gasteiger partial charge < -0.3 is 15.0 Å². The zero-order chi connectivity index (χ0) is 22.2. The molecule has 6 heteroatoms. The van der Waals surface area contributed by atoms with Gasteiger partial charge in [0.05, 0.1) is 6.04 Å². The van der Waals surface area contributed by atoms with Crippen molar-refractivity contribution in [2.75, 3.05) is 11.9 Å². The van der Waals surface area contributed by atoms with Gasteiger partial charge in [-0.2, -0.15) is 0 Å². The highest BCUT2D eigenvalue weighted by Crippen LogP contribution is 2.25. The molecule has 1 N–H and O–H groups in total. The summed E-state index contributed by atoms with van der Waals surface area (Å²) in [7, 11) is 0. The Morgan fingerprint density at radius 3 is 2.39 bits per heavy atom. The minimum atomic E-state index is -0.213. The average Bonchev–Trinajstić information content (AvgIpc) is 2.77. The molecule has 31 heavy (non-hydrogen) atoms. The molecule has 3 aromatic rings. The molecular weight excluding hydrogens is 456 g/mol. The number of carbonyl (C=O) groups excluding carboxylic acids is 2. The molecule has 0 aliphatic carbocycles. The lowest BCUT2D eigenvalue weighted by molar-refractivity contribution is -0.136. The summed E-state index contributed by atoms with van der Waals surface area (Å²) in [6, 6.07) is 24.6. The minimum absolute atomic E-state index is 0.0653. The van der Waals surface area contributed by atoms with E-state index < -0.39 is 0 Å². The Balaban J connectivity index is 1.80. The number of rotatable bonds is 8. The van der Waals surface area contributed by atoms with Gasteiger partial charge in [0.25, 0.3) is 5.91 Å². The summed E-state index contributed by atoms with van der Waals surface area (Å²) in [5, 5.41) is 2.80. The molecule has 3 aromatic carbocycles. The van der Waals surface area contributed by atoms with E-state index >= 15 is 0 Å². The third-order valence-electron chi connectivity index (χ3n) is 4.85. The van der Waals surface area contributed by atoms with Crippen molar-refractivity contribution in [2.45, 2.75) is 26.4 Å². The van der Waals surface area contributed by atoms with Gasteiger partial charge in [0.2, 0.25) is 5.91 Å². The summed E-state index contributed by atoms with van der Waals surface area (Å²) in [6.07, 6.45) is 0. The van der Waals surface area contributed by atoms with Crippen molar-refractivity contribution in [3.05, 3.63) is 94.5 Å². The first-order valence-electron chi connectivity index (χ1n) is 10.0. The monoisotopic (exact) mass is 480 g/mol. The lowest BCUT2D eigenvalue weighted by atomic mass is 10.0. The highest BCUT2D eigenvalue weighted by atomic mass is 79.9. The number of amides is 2. The van der Waals surface area contributed by atoms with Crippen molar-refractivity contribution in [1.82, 2.24) is 4.90 Å². The molecule has 0 aromatic heterocycles. The van der Waals surface area contributed by atoms with Gasteiger partial charge in [-0.1, -0.05) is 58.4 Å². The largest absolute Gasteiger partial charge is 0.484 e. The number of nitrogens with zero attached hydrogens (tertiary/aromatic N) is 1. The van der Waals surface area contributed by atoms with E-state index in [0.717, 1.165) is 15.6 Å². The fourth-order valence-corrected chi connectivity index (χ4v) is 3.50. The molecule has 0 heterocycles. The maximum atomic E-state index is 13.2. The third kappa shape index (κ3) is 6.69.